The normalized spacial score (nSPS) is 10.9. The number of aryl methyl sites for hydroxylation is 1. The van der Waals surface area contributed by atoms with Gasteiger partial charge in [0.05, 0.1) is 7.11 Å². The quantitative estimate of drug-likeness (QED) is 0.340. The summed E-state index contributed by atoms with van der Waals surface area (Å²) in [5.74, 6) is 0.829. The molecule has 3 rings (SSSR count). The molecule has 3 aromatic rings. The van der Waals surface area contributed by atoms with E-state index in [2.05, 4.69) is 0 Å². The van der Waals surface area contributed by atoms with Gasteiger partial charge < -0.3 is 9.47 Å². The third-order valence-corrected chi connectivity index (χ3v) is 4.81. The molecule has 0 aliphatic rings. The van der Waals surface area contributed by atoms with Crippen LogP contribution in [-0.2, 0) is 6.61 Å². The van der Waals surface area contributed by atoms with Gasteiger partial charge in [0.15, 0.2) is 5.78 Å². The lowest BCUT2D eigenvalue weighted by molar-refractivity contribution is 0.104. The minimum Gasteiger partial charge on any atom is -0.496 e. The van der Waals surface area contributed by atoms with E-state index in [0.717, 1.165) is 16.7 Å². The van der Waals surface area contributed by atoms with Crippen LogP contribution in [0.4, 0.5) is 4.39 Å². The van der Waals surface area contributed by atoms with E-state index in [9.17, 15) is 9.18 Å². The number of allylic oxidation sites excluding steroid dienone is 1. The molecule has 0 aliphatic heterocycles. The molecule has 29 heavy (non-hydrogen) atoms. The second-order valence-electron chi connectivity index (χ2n) is 6.48. The number of hydrogen-bond donors (Lipinski definition) is 0. The topological polar surface area (TPSA) is 35.5 Å². The van der Waals surface area contributed by atoms with Crippen molar-refractivity contribution in [1.82, 2.24) is 0 Å². The first-order chi connectivity index (χ1) is 14.0. The van der Waals surface area contributed by atoms with E-state index in [1.165, 1.54) is 30.3 Å². The number of hydrogen-bond acceptors (Lipinski definition) is 3. The first kappa shape index (κ1) is 20.6. The van der Waals surface area contributed by atoms with Crippen LogP contribution in [0.2, 0.25) is 5.02 Å². The highest BCUT2D eigenvalue weighted by atomic mass is 35.5. The second kappa shape index (κ2) is 9.39. The Morgan fingerprint density at radius 3 is 2.52 bits per heavy atom. The van der Waals surface area contributed by atoms with E-state index in [-0.39, 0.29) is 11.6 Å². The highest BCUT2D eigenvalue weighted by molar-refractivity contribution is 6.31. The van der Waals surface area contributed by atoms with E-state index in [1.807, 2.05) is 37.3 Å². The molecular weight excluding hydrogens is 391 g/mol. The molecule has 0 bridgehead atoms. The molecule has 0 amide bonds. The molecule has 0 unspecified atom stereocenters. The van der Waals surface area contributed by atoms with Crippen molar-refractivity contribution in [3.05, 3.63) is 99.8 Å². The monoisotopic (exact) mass is 410 g/mol. The van der Waals surface area contributed by atoms with Crippen LogP contribution in [0.1, 0.15) is 27.0 Å². The Morgan fingerprint density at radius 2 is 1.83 bits per heavy atom. The van der Waals surface area contributed by atoms with E-state index >= 15 is 0 Å². The van der Waals surface area contributed by atoms with Gasteiger partial charge in [0, 0.05) is 16.1 Å². The highest BCUT2D eigenvalue weighted by Crippen LogP contribution is 2.25. The van der Waals surface area contributed by atoms with Crippen LogP contribution in [0.15, 0.2) is 66.7 Å². The van der Waals surface area contributed by atoms with Gasteiger partial charge in [-0.1, -0.05) is 23.7 Å². The van der Waals surface area contributed by atoms with Crippen molar-refractivity contribution in [2.45, 2.75) is 13.5 Å². The fraction of sp³-hybridized carbons (Fsp3) is 0.125. The number of carbonyl (C=O) groups excluding carboxylic acids is 1. The molecule has 3 aromatic carbocycles. The molecule has 0 atom stereocenters. The predicted molar refractivity (Wildman–Crippen MR) is 113 cm³/mol. The van der Waals surface area contributed by atoms with Gasteiger partial charge in [0.2, 0.25) is 0 Å². The molecule has 148 valence electrons. The number of benzene rings is 3. The Kier molecular flexibility index (Phi) is 6.68. The molecule has 0 fully saturated rings. The van der Waals surface area contributed by atoms with Gasteiger partial charge in [0.1, 0.15) is 23.9 Å². The zero-order valence-corrected chi connectivity index (χ0v) is 16.9. The van der Waals surface area contributed by atoms with Crippen LogP contribution in [0, 0.1) is 12.7 Å². The lowest BCUT2D eigenvalue weighted by Crippen LogP contribution is -2.00. The Balaban J connectivity index is 1.74. The Bertz CT molecular complexity index is 1040. The van der Waals surface area contributed by atoms with Crippen molar-refractivity contribution in [1.29, 1.82) is 0 Å². The maximum atomic E-state index is 13.0. The van der Waals surface area contributed by atoms with Gasteiger partial charge in [-0.05, 0) is 78.7 Å². The number of methoxy groups -OCH3 is 1. The number of halogens is 2. The first-order valence-electron chi connectivity index (χ1n) is 9.00. The fourth-order valence-corrected chi connectivity index (χ4v) is 2.88. The Labute approximate surface area is 174 Å². The summed E-state index contributed by atoms with van der Waals surface area (Å²) in [5, 5.41) is 0.688. The van der Waals surface area contributed by atoms with E-state index in [0.29, 0.717) is 28.7 Å². The molecule has 0 aromatic heterocycles. The summed E-state index contributed by atoms with van der Waals surface area (Å²) in [7, 11) is 1.60. The molecule has 0 radical (unpaired) electrons. The summed E-state index contributed by atoms with van der Waals surface area (Å²) in [6, 6.07) is 16.5. The van der Waals surface area contributed by atoms with Gasteiger partial charge in [0.25, 0.3) is 0 Å². The minimum absolute atomic E-state index is 0.199. The second-order valence-corrected chi connectivity index (χ2v) is 6.88. The van der Waals surface area contributed by atoms with Crippen molar-refractivity contribution >= 4 is 23.5 Å². The molecule has 0 N–H and O–H groups in total. The molecule has 3 nitrogen and oxygen atoms in total. The SMILES string of the molecule is COc1ccc(/C=C/C(=O)c2ccc(F)cc2)cc1COc1ccc(Cl)c(C)c1. The maximum Gasteiger partial charge on any atom is 0.185 e. The molecular formula is C24H20ClFO3. The molecule has 0 spiro atoms. The number of carbonyl (C=O) groups is 1. The number of ketones is 1. The van der Waals surface area contributed by atoms with Crippen molar-refractivity contribution < 1.29 is 18.7 Å². The third-order valence-electron chi connectivity index (χ3n) is 4.38. The van der Waals surface area contributed by atoms with Crippen LogP contribution in [0.25, 0.3) is 6.08 Å². The van der Waals surface area contributed by atoms with Crippen LogP contribution in [0.5, 0.6) is 11.5 Å². The van der Waals surface area contributed by atoms with E-state index in [4.69, 9.17) is 21.1 Å². The summed E-state index contributed by atoms with van der Waals surface area (Å²) < 4.78 is 24.3. The van der Waals surface area contributed by atoms with Gasteiger partial charge in [-0.3, -0.25) is 4.79 Å². The number of ether oxygens (including phenoxy) is 2. The number of rotatable bonds is 7. The average molecular weight is 411 g/mol. The van der Waals surface area contributed by atoms with Crippen LogP contribution in [-0.4, -0.2) is 12.9 Å². The van der Waals surface area contributed by atoms with Crippen molar-refractivity contribution in [2.75, 3.05) is 7.11 Å². The van der Waals surface area contributed by atoms with Crippen LogP contribution >= 0.6 is 11.6 Å². The summed E-state index contributed by atoms with van der Waals surface area (Å²) in [6.45, 7) is 2.22. The van der Waals surface area contributed by atoms with Crippen LogP contribution in [0.3, 0.4) is 0 Å². The molecule has 0 saturated heterocycles. The van der Waals surface area contributed by atoms with E-state index < -0.39 is 0 Å². The first-order valence-corrected chi connectivity index (χ1v) is 9.38. The molecule has 0 saturated carbocycles. The summed E-state index contributed by atoms with van der Waals surface area (Å²) in [5.41, 5.74) is 3.04. The molecule has 0 heterocycles. The fourth-order valence-electron chi connectivity index (χ4n) is 2.77. The highest BCUT2D eigenvalue weighted by Gasteiger charge is 2.07. The molecule has 0 aliphatic carbocycles. The summed E-state index contributed by atoms with van der Waals surface area (Å²) in [4.78, 5) is 12.2. The third kappa shape index (κ3) is 5.46. The average Bonchev–Trinajstić information content (AvgIpc) is 2.73. The van der Waals surface area contributed by atoms with Crippen molar-refractivity contribution in [3.63, 3.8) is 0 Å². The van der Waals surface area contributed by atoms with Gasteiger partial charge in [-0.25, -0.2) is 4.39 Å². The van der Waals surface area contributed by atoms with Crippen molar-refractivity contribution in [2.24, 2.45) is 0 Å². The van der Waals surface area contributed by atoms with E-state index in [1.54, 1.807) is 19.3 Å². The minimum atomic E-state index is -0.374. The van der Waals surface area contributed by atoms with Gasteiger partial charge in [-0.2, -0.15) is 0 Å². The zero-order chi connectivity index (χ0) is 20.8. The van der Waals surface area contributed by atoms with Gasteiger partial charge in [-0.15, -0.1) is 0 Å². The van der Waals surface area contributed by atoms with Crippen molar-refractivity contribution in [3.8, 4) is 11.5 Å². The predicted octanol–water partition coefficient (Wildman–Crippen LogP) is 6.27. The zero-order valence-electron chi connectivity index (χ0n) is 16.1. The standard InChI is InChI=1S/C24H20ClFO3/c1-16-13-21(9-10-22(16)25)29-15-19-14-17(4-12-24(19)28-2)3-11-23(27)18-5-7-20(26)8-6-18/h3-14H,15H2,1-2H3/b11-3+. The van der Waals surface area contributed by atoms with Crippen LogP contribution < -0.4 is 9.47 Å². The summed E-state index contributed by atoms with van der Waals surface area (Å²) in [6.07, 6.45) is 3.17. The van der Waals surface area contributed by atoms with Gasteiger partial charge >= 0.3 is 0 Å². The Morgan fingerprint density at radius 1 is 1.07 bits per heavy atom. The Hall–Kier alpha value is -3.11. The summed E-state index contributed by atoms with van der Waals surface area (Å²) >= 11 is 6.05. The molecule has 5 heteroatoms. The largest absolute Gasteiger partial charge is 0.496 e. The maximum absolute atomic E-state index is 13.0. The lowest BCUT2D eigenvalue weighted by Gasteiger charge is -2.12. The smallest absolute Gasteiger partial charge is 0.185 e. The lowest BCUT2D eigenvalue weighted by atomic mass is 10.1.